The summed E-state index contributed by atoms with van der Waals surface area (Å²) in [5, 5.41) is 8.46. The summed E-state index contributed by atoms with van der Waals surface area (Å²) >= 11 is 0. The lowest BCUT2D eigenvalue weighted by Gasteiger charge is -2.13. The molecule has 2 aromatic rings. The number of amides is 1. The molecule has 2 N–H and O–H groups in total. The summed E-state index contributed by atoms with van der Waals surface area (Å²) in [5.74, 6) is 3.23. The van der Waals surface area contributed by atoms with Crippen molar-refractivity contribution in [2.75, 3.05) is 14.1 Å². The molecule has 128 valence electrons. The first-order valence-electron chi connectivity index (χ1n) is 7.24. The van der Waals surface area contributed by atoms with Crippen LogP contribution in [0.15, 0.2) is 53.7 Å². The number of benzene rings is 1. The van der Waals surface area contributed by atoms with Gasteiger partial charge in [-0.05, 0) is 55.4 Å². The Kier molecular flexibility index (Phi) is 5.61. The Morgan fingerprint density at radius 1 is 1.33 bits per heavy atom. The van der Waals surface area contributed by atoms with Crippen LogP contribution in [0.1, 0.15) is 11.1 Å². The number of hydrogen-bond donors (Lipinski definition) is 2. The largest absolute Gasteiger partial charge is 0.305 e. The van der Waals surface area contributed by atoms with Crippen molar-refractivity contribution in [3.05, 3.63) is 59.9 Å². The van der Waals surface area contributed by atoms with E-state index >= 15 is 0 Å². The first-order chi connectivity index (χ1) is 11.3. The number of hydrogen-bond acceptors (Lipinski definition) is 4. The van der Waals surface area contributed by atoms with Crippen LogP contribution < -0.4 is 5.48 Å². The van der Waals surface area contributed by atoms with E-state index in [4.69, 9.17) is 5.21 Å². The van der Waals surface area contributed by atoms with E-state index in [-0.39, 0.29) is 0 Å². The molecule has 0 radical (unpaired) electrons. The van der Waals surface area contributed by atoms with Crippen LogP contribution in [0.5, 0.6) is 0 Å². The molecule has 2 rings (SSSR count). The lowest BCUT2D eigenvalue weighted by molar-refractivity contribution is -0.124. The van der Waals surface area contributed by atoms with Crippen LogP contribution in [0.3, 0.4) is 0 Å². The number of hydroxylamine groups is 1. The smallest absolute Gasteiger partial charge is 0.267 e. The molecule has 6 nitrogen and oxygen atoms in total. The molecule has 0 aliphatic heterocycles. The Bertz CT molecular complexity index is 834. The van der Waals surface area contributed by atoms with Gasteiger partial charge in [0.1, 0.15) is 0 Å². The van der Waals surface area contributed by atoms with Gasteiger partial charge in [0.2, 0.25) is 0 Å². The predicted molar refractivity (Wildman–Crippen MR) is 96.2 cm³/mol. The van der Waals surface area contributed by atoms with E-state index in [2.05, 4.69) is 10.8 Å². The highest BCUT2D eigenvalue weighted by molar-refractivity contribution is 7.99. The molecule has 0 saturated heterocycles. The van der Waals surface area contributed by atoms with Crippen LogP contribution in [0.25, 0.3) is 6.08 Å². The molecule has 0 saturated carbocycles. The molecule has 1 unspecified atom stereocenters. The van der Waals surface area contributed by atoms with Gasteiger partial charge in [-0.15, -0.1) is 0 Å². The topological polar surface area (TPSA) is 74.6 Å². The van der Waals surface area contributed by atoms with E-state index in [0.29, 0.717) is 10.5 Å². The van der Waals surface area contributed by atoms with Crippen LogP contribution in [0, 0.1) is 0 Å². The molecule has 7 heteroatoms. The van der Waals surface area contributed by atoms with Crippen LogP contribution in [-0.2, 0) is 21.0 Å². The first-order valence-corrected chi connectivity index (χ1v) is 8.93. The van der Waals surface area contributed by atoms with Gasteiger partial charge in [-0.1, -0.05) is 12.1 Å². The van der Waals surface area contributed by atoms with Gasteiger partial charge < -0.3 is 4.90 Å². The second kappa shape index (κ2) is 7.48. The van der Waals surface area contributed by atoms with Gasteiger partial charge in [-0.2, -0.15) is 0 Å². The zero-order valence-electron chi connectivity index (χ0n) is 13.7. The molecule has 1 amide bonds. The van der Waals surface area contributed by atoms with E-state index in [1.165, 1.54) is 21.6 Å². The Balaban J connectivity index is 2.23. The molecule has 1 aromatic carbocycles. The SMILES string of the molecule is C=S(=O)(c1ccc(CN(C)C)cc1)n1ccc(/C=C/C(=O)NO)c1. The van der Waals surface area contributed by atoms with Crippen LogP contribution in [0.4, 0.5) is 0 Å². The van der Waals surface area contributed by atoms with Crippen molar-refractivity contribution in [3.8, 4) is 0 Å². The molecular weight excluding hydrogens is 326 g/mol. The third-order valence-corrected chi connectivity index (χ3v) is 5.28. The van der Waals surface area contributed by atoms with Gasteiger partial charge in [-0.25, -0.2) is 9.69 Å². The normalized spacial score (nSPS) is 14.0. The Hall–Kier alpha value is -2.35. The highest BCUT2D eigenvalue weighted by Gasteiger charge is 2.10. The molecule has 0 spiro atoms. The van der Waals surface area contributed by atoms with E-state index in [1.807, 2.05) is 38.4 Å². The maximum absolute atomic E-state index is 13.0. The van der Waals surface area contributed by atoms with Crippen molar-refractivity contribution in [2.24, 2.45) is 0 Å². The van der Waals surface area contributed by atoms with Crippen molar-refractivity contribution in [2.45, 2.75) is 11.4 Å². The molecule has 0 aliphatic carbocycles. The summed E-state index contributed by atoms with van der Waals surface area (Å²) < 4.78 is 14.6. The van der Waals surface area contributed by atoms with Crippen molar-refractivity contribution in [3.63, 3.8) is 0 Å². The molecule has 1 aromatic heterocycles. The van der Waals surface area contributed by atoms with Gasteiger partial charge in [-0.3, -0.25) is 14.0 Å². The Morgan fingerprint density at radius 3 is 2.58 bits per heavy atom. The minimum Gasteiger partial charge on any atom is -0.305 e. The number of nitrogens with zero attached hydrogens (tertiary/aromatic N) is 2. The van der Waals surface area contributed by atoms with Crippen molar-refractivity contribution >= 4 is 27.6 Å². The van der Waals surface area contributed by atoms with Crippen molar-refractivity contribution in [1.82, 2.24) is 14.4 Å². The predicted octanol–water partition coefficient (Wildman–Crippen LogP) is 1.61. The second-order valence-corrected chi connectivity index (χ2v) is 7.81. The summed E-state index contributed by atoms with van der Waals surface area (Å²) in [7, 11) is 1.29. The summed E-state index contributed by atoms with van der Waals surface area (Å²) in [5.41, 5.74) is 3.32. The highest BCUT2D eigenvalue weighted by Crippen LogP contribution is 2.17. The number of carbonyl (C=O) groups is 1. The minimum atomic E-state index is -2.69. The van der Waals surface area contributed by atoms with E-state index < -0.39 is 15.6 Å². The average Bonchev–Trinajstić information content (AvgIpc) is 3.02. The average molecular weight is 347 g/mol. The van der Waals surface area contributed by atoms with E-state index in [1.54, 1.807) is 18.5 Å². The fraction of sp³-hybridized carbons (Fsp3) is 0.176. The van der Waals surface area contributed by atoms with Gasteiger partial charge in [0.15, 0.2) is 0 Å². The molecule has 0 bridgehead atoms. The van der Waals surface area contributed by atoms with Crippen molar-refractivity contribution in [1.29, 1.82) is 0 Å². The molecule has 1 atom stereocenters. The second-order valence-electron chi connectivity index (χ2n) is 5.64. The number of rotatable bonds is 6. The van der Waals surface area contributed by atoms with Crippen LogP contribution in [0.2, 0.25) is 0 Å². The fourth-order valence-corrected chi connectivity index (χ4v) is 3.53. The highest BCUT2D eigenvalue weighted by atomic mass is 32.2. The van der Waals surface area contributed by atoms with Crippen LogP contribution >= 0.6 is 0 Å². The van der Waals surface area contributed by atoms with E-state index in [9.17, 15) is 9.00 Å². The summed E-state index contributed by atoms with van der Waals surface area (Å²) in [6.07, 6.45) is 5.99. The van der Waals surface area contributed by atoms with Crippen molar-refractivity contribution < 1.29 is 14.2 Å². The van der Waals surface area contributed by atoms with Gasteiger partial charge >= 0.3 is 0 Å². The monoisotopic (exact) mass is 347 g/mol. The maximum atomic E-state index is 13.0. The lowest BCUT2D eigenvalue weighted by atomic mass is 10.2. The summed E-state index contributed by atoms with van der Waals surface area (Å²) in [6, 6.07) is 9.24. The van der Waals surface area contributed by atoms with Gasteiger partial charge in [0, 0.05) is 29.9 Å². The molecular formula is C17H21N3O3S. The standard InChI is InChI=1S/C17H21N3O3S/c1-19(2)12-14-4-7-16(8-5-14)24(3,23)20-11-10-15(13-20)6-9-17(21)18-22/h4-11,13,22H,3,12H2,1-2H3,(H,18,21)/b9-6+. The fourth-order valence-electron chi connectivity index (χ4n) is 2.18. The molecule has 0 aliphatic rings. The van der Waals surface area contributed by atoms with Crippen LogP contribution in [-0.4, -0.2) is 44.2 Å². The Labute approximate surface area is 142 Å². The number of aromatic nitrogens is 1. The molecule has 0 fully saturated rings. The third kappa shape index (κ3) is 4.35. The quantitative estimate of drug-likeness (QED) is 0.360. The summed E-state index contributed by atoms with van der Waals surface area (Å²) in [6.45, 7) is 0.810. The van der Waals surface area contributed by atoms with Gasteiger partial charge in [0.25, 0.3) is 5.91 Å². The zero-order chi connectivity index (χ0) is 17.7. The third-order valence-electron chi connectivity index (χ3n) is 3.36. The zero-order valence-corrected chi connectivity index (χ0v) is 14.5. The molecule has 24 heavy (non-hydrogen) atoms. The first kappa shape index (κ1) is 18.0. The van der Waals surface area contributed by atoms with Gasteiger partial charge in [0.05, 0.1) is 9.71 Å². The summed E-state index contributed by atoms with van der Waals surface area (Å²) in [4.78, 5) is 13.7. The number of nitrogens with one attached hydrogen (secondary N) is 1. The lowest BCUT2D eigenvalue weighted by Crippen LogP contribution is -2.14. The number of carbonyl (C=O) groups excluding carboxylic acids is 1. The minimum absolute atomic E-state index is 0.629. The Morgan fingerprint density at radius 2 is 2.00 bits per heavy atom. The molecule has 1 heterocycles. The van der Waals surface area contributed by atoms with E-state index in [0.717, 1.165) is 12.1 Å². The maximum Gasteiger partial charge on any atom is 0.267 e.